The predicted molar refractivity (Wildman–Crippen MR) is 103 cm³/mol. The van der Waals surface area contributed by atoms with E-state index in [-0.39, 0.29) is 0 Å². The number of carbonyl (C=O) groups is 1. The summed E-state index contributed by atoms with van der Waals surface area (Å²) in [7, 11) is -3.65. The molecule has 5 nitrogen and oxygen atoms in total. The number of nitrogens with zero attached hydrogens (tertiary/aromatic N) is 1. The molecule has 0 aliphatic rings. The number of nitrogens with one attached hydrogen (secondary N) is 1. The Bertz CT molecular complexity index is 880. The molecule has 1 atom stereocenters. The SMILES string of the molecule is Cc1ccc(NC(=O)[C@H](C)N(c2ccc(Cl)cc2)S(C)(=O)=O)cc1C. The van der Waals surface area contributed by atoms with E-state index in [0.29, 0.717) is 16.4 Å². The van der Waals surface area contributed by atoms with Gasteiger partial charge < -0.3 is 5.32 Å². The molecule has 7 heteroatoms. The van der Waals surface area contributed by atoms with Crippen LogP contribution in [0.5, 0.6) is 0 Å². The van der Waals surface area contributed by atoms with Crippen molar-refractivity contribution in [3.05, 3.63) is 58.6 Å². The van der Waals surface area contributed by atoms with Crippen LogP contribution in [0.15, 0.2) is 42.5 Å². The molecule has 25 heavy (non-hydrogen) atoms. The second-order valence-electron chi connectivity index (χ2n) is 6.00. The van der Waals surface area contributed by atoms with Crippen LogP contribution in [-0.4, -0.2) is 26.6 Å². The second kappa shape index (κ2) is 7.45. The third kappa shape index (κ3) is 4.74. The fourth-order valence-electron chi connectivity index (χ4n) is 2.46. The molecule has 0 aromatic heterocycles. The Balaban J connectivity index is 2.29. The summed E-state index contributed by atoms with van der Waals surface area (Å²) in [4.78, 5) is 12.6. The summed E-state index contributed by atoms with van der Waals surface area (Å²) in [5, 5.41) is 3.26. The van der Waals surface area contributed by atoms with Gasteiger partial charge in [-0.2, -0.15) is 0 Å². The van der Waals surface area contributed by atoms with E-state index in [4.69, 9.17) is 11.6 Å². The maximum atomic E-state index is 12.6. The van der Waals surface area contributed by atoms with Gasteiger partial charge >= 0.3 is 0 Å². The number of carbonyl (C=O) groups excluding carboxylic acids is 1. The van der Waals surface area contributed by atoms with Crippen LogP contribution in [0.3, 0.4) is 0 Å². The highest BCUT2D eigenvalue weighted by atomic mass is 35.5. The first-order valence-electron chi connectivity index (χ1n) is 7.72. The van der Waals surface area contributed by atoms with E-state index in [1.807, 2.05) is 26.0 Å². The molecule has 0 saturated carbocycles. The van der Waals surface area contributed by atoms with Gasteiger partial charge in [-0.05, 0) is 68.3 Å². The zero-order chi connectivity index (χ0) is 18.8. The molecule has 1 amide bonds. The molecule has 2 rings (SSSR count). The zero-order valence-corrected chi connectivity index (χ0v) is 16.1. The Morgan fingerprint density at radius 2 is 1.68 bits per heavy atom. The number of halogens is 1. The zero-order valence-electron chi connectivity index (χ0n) is 14.6. The lowest BCUT2D eigenvalue weighted by Crippen LogP contribution is -2.45. The Hall–Kier alpha value is -2.05. The molecule has 134 valence electrons. The molecule has 0 saturated heterocycles. The van der Waals surface area contributed by atoms with Gasteiger partial charge in [0.25, 0.3) is 0 Å². The Morgan fingerprint density at radius 3 is 2.20 bits per heavy atom. The van der Waals surface area contributed by atoms with Crippen LogP contribution in [0.25, 0.3) is 0 Å². The molecule has 0 radical (unpaired) electrons. The predicted octanol–water partition coefficient (Wildman–Crippen LogP) is 3.75. The van der Waals surface area contributed by atoms with Gasteiger partial charge in [-0.25, -0.2) is 8.42 Å². The largest absolute Gasteiger partial charge is 0.324 e. The van der Waals surface area contributed by atoms with Crippen molar-refractivity contribution in [2.45, 2.75) is 26.8 Å². The van der Waals surface area contributed by atoms with Gasteiger partial charge in [0.2, 0.25) is 15.9 Å². The number of sulfonamides is 1. The smallest absolute Gasteiger partial charge is 0.247 e. The van der Waals surface area contributed by atoms with Crippen LogP contribution in [0, 0.1) is 13.8 Å². The number of anilines is 2. The first-order chi connectivity index (χ1) is 11.6. The summed E-state index contributed by atoms with van der Waals surface area (Å²) in [6.45, 7) is 5.48. The molecule has 2 aromatic rings. The fraction of sp³-hybridized carbons (Fsp3) is 0.278. The lowest BCUT2D eigenvalue weighted by atomic mass is 10.1. The van der Waals surface area contributed by atoms with Crippen molar-refractivity contribution in [2.24, 2.45) is 0 Å². The molecule has 0 spiro atoms. The minimum absolute atomic E-state index is 0.384. The van der Waals surface area contributed by atoms with E-state index in [2.05, 4.69) is 5.32 Å². The first-order valence-corrected chi connectivity index (χ1v) is 9.95. The summed E-state index contributed by atoms with van der Waals surface area (Å²) in [5.74, 6) is -0.413. The third-order valence-corrected chi connectivity index (χ3v) is 5.44. The third-order valence-electron chi connectivity index (χ3n) is 3.94. The van der Waals surface area contributed by atoms with Crippen LogP contribution >= 0.6 is 11.6 Å². The van der Waals surface area contributed by atoms with Crippen molar-refractivity contribution >= 4 is 38.9 Å². The van der Waals surface area contributed by atoms with Crippen molar-refractivity contribution in [2.75, 3.05) is 15.9 Å². The van der Waals surface area contributed by atoms with E-state index in [0.717, 1.165) is 21.7 Å². The van der Waals surface area contributed by atoms with Crippen molar-refractivity contribution in [1.82, 2.24) is 0 Å². The number of hydrogen-bond donors (Lipinski definition) is 1. The van der Waals surface area contributed by atoms with E-state index in [1.165, 1.54) is 0 Å². The summed E-state index contributed by atoms with van der Waals surface area (Å²) in [6, 6.07) is 11.0. The van der Waals surface area contributed by atoms with Gasteiger partial charge in [0, 0.05) is 10.7 Å². The van der Waals surface area contributed by atoms with Crippen LogP contribution in [-0.2, 0) is 14.8 Å². The average molecular weight is 381 g/mol. The lowest BCUT2D eigenvalue weighted by molar-refractivity contribution is -0.116. The van der Waals surface area contributed by atoms with Crippen LogP contribution in [0.1, 0.15) is 18.1 Å². The summed E-state index contributed by atoms with van der Waals surface area (Å²) in [6.07, 6.45) is 1.07. The van der Waals surface area contributed by atoms with Crippen molar-refractivity contribution in [3.63, 3.8) is 0 Å². The van der Waals surface area contributed by atoms with Crippen LogP contribution in [0.2, 0.25) is 5.02 Å². The molecule has 0 bridgehead atoms. The number of amides is 1. The highest BCUT2D eigenvalue weighted by molar-refractivity contribution is 7.92. The molecular formula is C18H21ClN2O3S. The topological polar surface area (TPSA) is 66.5 Å². The molecule has 1 N–H and O–H groups in total. The fourth-order valence-corrected chi connectivity index (χ4v) is 3.76. The number of rotatable bonds is 5. The second-order valence-corrected chi connectivity index (χ2v) is 8.30. The molecule has 0 heterocycles. The summed E-state index contributed by atoms with van der Waals surface area (Å²) < 4.78 is 25.5. The van der Waals surface area contributed by atoms with Gasteiger partial charge in [0.1, 0.15) is 6.04 Å². The minimum Gasteiger partial charge on any atom is -0.324 e. The lowest BCUT2D eigenvalue weighted by Gasteiger charge is -2.28. The molecule has 2 aromatic carbocycles. The van der Waals surface area contributed by atoms with Crippen molar-refractivity contribution in [1.29, 1.82) is 0 Å². The number of aryl methyl sites for hydroxylation is 2. The first kappa shape index (κ1) is 19.3. The summed E-state index contributed by atoms with van der Waals surface area (Å²) >= 11 is 5.86. The maximum Gasteiger partial charge on any atom is 0.247 e. The van der Waals surface area contributed by atoms with Crippen molar-refractivity contribution in [3.8, 4) is 0 Å². The molecule has 0 aliphatic carbocycles. The Kier molecular flexibility index (Phi) is 5.75. The molecule has 0 aliphatic heterocycles. The average Bonchev–Trinajstić information content (AvgIpc) is 2.51. The molecule has 0 fully saturated rings. The van der Waals surface area contributed by atoms with Crippen LogP contribution < -0.4 is 9.62 Å². The van der Waals surface area contributed by atoms with Gasteiger partial charge in [-0.3, -0.25) is 9.10 Å². The van der Waals surface area contributed by atoms with Gasteiger partial charge in [0.15, 0.2) is 0 Å². The summed E-state index contributed by atoms with van der Waals surface area (Å²) in [5.41, 5.74) is 3.17. The highest BCUT2D eigenvalue weighted by Crippen LogP contribution is 2.24. The molecular weight excluding hydrogens is 360 g/mol. The molecule has 0 unspecified atom stereocenters. The maximum absolute atomic E-state index is 12.6. The normalized spacial score (nSPS) is 12.5. The van der Waals surface area contributed by atoms with Crippen LogP contribution in [0.4, 0.5) is 11.4 Å². The van der Waals surface area contributed by atoms with Crippen molar-refractivity contribution < 1.29 is 13.2 Å². The number of benzene rings is 2. The van der Waals surface area contributed by atoms with E-state index in [9.17, 15) is 13.2 Å². The monoisotopic (exact) mass is 380 g/mol. The van der Waals surface area contributed by atoms with E-state index >= 15 is 0 Å². The van der Waals surface area contributed by atoms with Gasteiger partial charge in [-0.1, -0.05) is 17.7 Å². The quantitative estimate of drug-likeness (QED) is 0.858. The Morgan fingerprint density at radius 1 is 1.08 bits per heavy atom. The Labute approximate surface area is 153 Å². The number of hydrogen-bond acceptors (Lipinski definition) is 3. The highest BCUT2D eigenvalue weighted by Gasteiger charge is 2.29. The van der Waals surface area contributed by atoms with Gasteiger partial charge in [0.05, 0.1) is 11.9 Å². The standard InChI is InChI=1S/C18H21ClN2O3S/c1-12-5-8-16(11-13(12)2)20-18(22)14(3)21(25(4,23)24)17-9-6-15(19)7-10-17/h5-11,14H,1-4H3,(H,20,22)/t14-/m0/s1. The van der Waals surface area contributed by atoms with E-state index in [1.54, 1.807) is 37.3 Å². The van der Waals surface area contributed by atoms with E-state index < -0.39 is 22.0 Å². The minimum atomic E-state index is -3.65. The van der Waals surface area contributed by atoms with Gasteiger partial charge in [-0.15, -0.1) is 0 Å².